The van der Waals surface area contributed by atoms with Gasteiger partial charge in [-0.15, -0.1) is 0 Å². The number of hydrogen-bond acceptors (Lipinski definition) is 4. The molecule has 0 spiro atoms. The molecular formula is C45H27N3O. The molecule has 0 aliphatic rings. The van der Waals surface area contributed by atoms with E-state index in [9.17, 15) is 0 Å². The van der Waals surface area contributed by atoms with Crippen LogP contribution in [0.4, 0.5) is 0 Å². The molecule has 0 unspecified atom stereocenters. The number of aromatic nitrogens is 3. The monoisotopic (exact) mass is 625 g/mol. The van der Waals surface area contributed by atoms with Gasteiger partial charge in [0.05, 0.1) is 0 Å². The maximum Gasteiger partial charge on any atom is 0.164 e. The Bertz CT molecular complexity index is 2890. The lowest BCUT2D eigenvalue weighted by atomic mass is 9.96. The number of furan rings is 1. The first-order valence-corrected chi connectivity index (χ1v) is 16.4. The molecule has 0 fully saturated rings. The van der Waals surface area contributed by atoms with Crippen molar-refractivity contribution < 1.29 is 4.42 Å². The SMILES string of the molecule is c1ccc(-c2cccc3ccc(-c4nc(-c5cc6ccccc6c6ccccc56)nc(-c5cccc6oc7ccccc7c56)n4)cc23)cc1. The fourth-order valence-electron chi connectivity index (χ4n) is 7.23. The van der Waals surface area contributed by atoms with Crippen LogP contribution in [0, 0.1) is 0 Å². The van der Waals surface area contributed by atoms with Gasteiger partial charge < -0.3 is 4.42 Å². The highest BCUT2D eigenvalue weighted by molar-refractivity contribution is 6.14. The van der Waals surface area contributed by atoms with Gasteiger partial charge in [0.1, 0.15) is 11.2 Å². The van der Waals surface area contributed by atoms with Gasteiger partial charge in [-0.05, 0) is 67.7 Å². The summed E-state index contributed by atoms with van der Waals surface area (Å²) >= 11 is 0. The Kier molecular flexibility index (Phi) is 6.15. The summed E-state index contributed by atoms with van der Waals surface area (Å²) in [6, 6.07) is 56.9. The van der Waals surface area contributed by atoms with E-state index in [0.717, 1.165) is 60.2 Å². The summed E-state index contributed by atoms with van der Waals surface area (Å²) in [6.07, 6.45) is 0. The van der Waals surface area contributed by atoms with Gasteiger partial charge in [-0.1, -0.05) is 140 Å². The summed E-state index contributed by atoms with van der Waals surface area (Å²) in [4.78, 5) is 15.7. The Hall–Kier alpha value is -6.65. The largest absolute Gasteiger partial charge is 0.456 e. The smallest absolute Gasteiger partial charge is 0.164 e. The maximum absolute atomic E-state index is 6.28. The van der Waals surface area contributed by atoms with E-state index in [1.54, 1.807) is 0 Å². The first-order valence-electron chi connectivity index (χ1n) is 16.4. The summed E-state index contributed by atoms with van der Waals surface area (Å²) in [5, 5.41) is 8.94. The van der Waals surface area contributed by atoms with Gasteiger partial charge in [0.2, 0.25) is 0 Å². The molecule has 0 aliphatic heterocycles. The van der Waals surface area contributed by atoms with Crippen LogP contribution in [0.25, 0.3) is 99.5 Å². The molecule has 4 nitrogen and oxygen atoms in total. The molecule has 0 bridgehead atoms. The molecule has 2 aromatic heterocycles. The van der Waals surface area contributed by atoms with E-state index in [4.69, 9.17) is 19.4 Å². The Morgan fingerprint density at radius 1 is 0.327 bits per heavy atom. The Morgan fingerprint density at radius 3 is 1.84 bits per heavy atom. The second-order valence-corrected chi connectivity index (χ2v) is 12.4. The van der Waals surface area contributed by atoms with E-state index < -0.39 is 0 Å². The average Bonchev–Trinajstić information content (AvgIpc) is 3.56. The van der Waals surface area contributed by atoms with Gasteiger partial charge in [0, 0.05) is 27.5 Å². The number of rotatable bonds is 4. The van der Waals surface area contributed by atoms with E-state index in [-0.39, 0.29) is 0 Å². The first kappa shape index (κ1) is 27.5. The minimum absolute atomic E-state index is 0.603. The quantitative estimate of drug-likeness (QED) is 0.183. The molecule has 0 amide bonds. The van der Waals surface area contributed by atoms with Crippen molar-refractivity contribution in [2.24, 2.45) is 0 Å². The average molecular weight is 626 g/mol. The molecule has 4 heteroatoms. The zero-order valence-electron chi connectivity index (χ0n) is 26.3. The van der Waals surface area contributed by atoms with Crippen molar-refractivity contribution in [3.63, 3.8) is 0 Å². The van der Waals surface area contributed by atoms with Gasteiger partial charge in [-0.3, -0.25) is 0 Å². The normalized spacial score (nSPS) is 11.7. The van der Waals surface area contributed by atoms with E-state index in [1.807, 2.05) is 36.4 Å². The topological polar surface area (TPSA) is 51.8 Å². The number of nitrogens with zero attached hydrogens (tertiary/aromatic N) is 3. The standard InChI is InChI=1S/C45H27N3O/c1-2-12-28(13-3-1)32-20-10-15-29-24-25-31(27-38(29)32)43-46-44(37-21-11-23-41-42(37)36-19-8-9-22-40(36)49-41)48-45(47-43)39-26-30-14-4-5-16-33(30)34-17-6-7-18-35(34)39/h1-27H. The van der Waals surface area contributed by atoms with Gasteiger partial charge in [0.25, 0.3) is 0 Å². The fraction of sp³-hybridized carbons (Fsp3) is 0. The summed E-state index contributed by atoms with van der Waals surface area (Å²) in [5.41, 5.74) is 6.78. The van der Waals surface area contributed by atoms with Crippen molar-refractivity contribution >= 4 is 54.3 Å². The molecule has 0 saturated carbocycles. The third kappa shape index (κ3) is 4.49. The Morgan fingerprint density at radius 2 is 0.959 bits per heavy atom. The van der Waals surface area contributed by atoms with E-state index in [2.05, 4.69) is 127 Å². The molecular weight excluding hydrogens is 599 g/mol. The minimum atomic E-state index is 0.603. The lowest BCUT2D eigenvalue weighted by Crippen LogP contribution is -2.01. The summed E-state index contributed by atoms with van der Waals surface area (Å²) < 4.78 is 6.28. The lowest BCUT2D eigenvalue weighted by Gasteiger charge is -2.13. The van der Waals surface area contributed by atoms with E-state index in [1.165, 1.54) is 21.9 Å². The Labute approximate surface area is 282 Å². The van der Waals surface area contributed by atoms with Crippen LogP contribution in [0.2, 0.25) is 0 Å². The summed E-state index contributed by atoms with van der Waals surface area (Å²) in [5.74, 6) is 1.85. The van der Waals surface area contributed by atoms with Crippen LogP contribution in [-0.2, 0) is 0 Å². The van der Waals surface area contributed by atoms with Crippen molar-refractivity contribution in [2.45, 2.75) is 0 Å². The molecule has 10 rings (SSSR count). The molecule has 0 saturated heterocycles. The zero-order chi connectivity index (χ0) is 32.3. The molecule has 0 radical (unpaired) electrons. The molecule has 2 heterocycles. The van der Waals surface area contributed by atoms with Gasteiger partial charge in [-0.25, -0.2) is 15.0 Å². The van der Waals surface area contributed by atoms with Crippen molar-refractivity contribution in [1.82, 2.24) is 15.0 Å². The van der Waals surface area contributed by atoms with Gasteiger partial charge in [-0.2, -0.15) is 0 Å². The van der Waals surface area contributed by atoms with Crippen molar-refractivity contribution in [2.75, 3.05) is 0 Å². The molecule has 0 aliphatic carbocycles. The molecule has 228 valence electrons. The van der Waals surface area contributed by atoms with Crippen LogP contribution in [-0.4, -0.2) is 15.0 Å². The predicted molar refractivity (Wildman–Crippen MR) is 201 cm³/mol. The van der Waals surface area contributed by atoms with E-state index >= 15 is 0 Å². The van der Waals surface area contributed by atoms with E-state index in [0.29, 0.717) is 17.5 Å². The number of para-hydroxylation sites is 1. The van der Waals surface area contributed by atoms with Crippen molar-refractivity contribution in [3.05, 3.63) is 164 Å². The predicted octanol–water partition coefficient (Wildman–Crippen LogP) is 11.9. The fourth-order valence-corrected chi connectivity index (χ4v) is 7.23. The van der Waals surface area contributed by atoms with Crippen LogP contribution in [0.15, 0.2) is 168 Å². The Balaban J connectivity index is 1.27. The highest BCUT2D eigenvalue weighted by atomic mass is 16.3. The number of fused-ring (bicyclic) bond motifs is 7. The third-order valence-electron chi connectivity index (χ3n) is 9.51. The van der Waals surface area contributed by atoms with Gasteiger partial charge >= 0.3 is 0 Å². The van der Waals surface area contributed by atoms with Crippen LogP contribution in [0.1, 0.15) is 0 Å². The third-order valence-corrected chi connectivity index (χ3v) is 9.51. The zero-order valence-corrected chi connectivity index (χ0v) is 26.3. The van der Waals surface area contributed by atoms with Gasteiger partial charge in [0.15, 0.2) is 17.5 Å². The van der Waals surface area contributed by atoms with Crippen LogP contribution in [0.3, 0.4) is 0 Å². The number of hydrogen-bond donors (Lipinski definition) is 0. The summed E-state index contributed by atoms with van der Waals surface area (Å²) in [6.45, 7) is 0. The highest BCUT2D eigenvalue weighted by Gasteiger charge is 2.19. The first-order chi connectivity index (χ1) is 24.3. The summed E-state index contributed by atoms with van der Waals surface area (Å²) in [7, 11) is 0. The molecule has 10 aromatic rings. The molecule has 8 aromatic carbocycles. The van der Waals surface area contributed by atoms with Crippen molar-refractivity contribution in [1.29, 1.82) is 0 Å². The molecule has 49 heavy (non-hydrogen) atoms. The van der Waals surface area contributed by atoms with Crippen LogP contribution < -0.4 is 0 Å². The molecule has 0 atom stereocenters. The molecule has 0 N–H and O–H groups in total. The van der Waals surface area contributed by atoms with Crippen LogP contribution >= 0.6 is 0 Å². The van der Waals surface area contributed by atoms with Crippen LogP contribution in [0.5, 0.6) is 0 Å². The maximum atomic E-state index is 6.28. The van der Waals surface area contributed by atoms with Crippen molar-refractivity contribution in [3.8, 4) is 45.3 Å². The number of benzene rings is 8. The lowest BCUT2D eigenvalue weighted by molar-refractivity contribution is 0.669. The second kappa shape index (κ2) is 11.0. The second-order valence-electron chi connectivity index (χ2n) is 12.4. The highest BCUT2D eigenvalue weighted by Crippen LogP contribution is 2.39. The minimum Gasteiger partial charge on any atom is -0.456 e.